The molecular weight excluding hydrogens is 452 g/mol. The van der Waals surface area contributed by atoms with Crippen molar-refractivity contribution in [2.75, 3.05) is 26.2 Å². The summed E-state index contributed by atoms with van der Waals surface area (Å²) in [5, 5.41) is 11.5. The molecule has 3 aromatic rings. The lowest BCUT2D eigenvalue weighted by Crippen LogP contribution is -2.48. The summed E-state index contributed by atoms with van der Waals surface area (Å²) < 4.78 is 81.3. The number of rotatable bonds is 5. The monoisotopic (exact) mass is 470 g/mol. The number of hydrogen-bond donors (Lipinski definition) is 0. The van der Waals surface area contributed by atoms with E-state index >= 15 is 0 Å². The number of benzene rings is 2. The Bertz CT molecular complexity index is 1190. The third-order valence-corrected chi connectivity index (χ3v) is 7.07. The summed E-state index contributed by atoms with van der Waals surface area (Å²) in [6, 6.07) is 9.78. The molecule has 0 unspecified atom stereocenters. The summed E-state index contributed by atoms with van der Waals surface area (Å²) in [6.45, 7) is 0.893. The molecule has 2 aromatic carbocycles. The molecule has 13 heteroatoms. The quantitative estimate of drug-likeness (QED) is 0.533. The Morgan fingerprint density at radius 1 is 0.938 bits per heavy atom. The van der Waals surface area contributed by atoms with E-state index in [0.29, 0.717) is 11.5 Å². The number of sulfonamides is 1. The molecule has 0 amide bonds. The van der Waals surface area contributed by atoms with Crippen LogP contribution in [0.2, 0.25) is 0 Å². The zero-order valence-electron chi connectivity index (χ0n) is 16.6. The summed E-state index contributed by atoms with van der Waals surface area (Å²) >= 11 is 0. The highest BCUT2D eigenvalue weighted by molar-refractivity contribution is 7.89. The van der Waals surface area contributed by atoms with Crippen molar-refractivity contribution < 1.29 is 26.0 Å². The van der Waals surface area contributed by atoms with Gasteiger partial charge in [-0.25, -0.2) is 12.8 Å². The smallest absolute Gasteiger partial charge is 0.293 e. The first-order valence-electron chi connectivity index (χ1n) is 9.58. The maximum Gasteiger partial charge on any atom is 0.417 e. The van der Waals surface area contributed by atoms with Crippen LogP contribution in [-0.4, -0.2) is 64.0 Å². The van der Waals surface area contributed by atoms with Crippen LogP contribution in [0.3, 0.4) is 0 Å². The highest BCUT2D eigenvalue weighted by Crippen LogP contribution is 2.35. The minimum absolute atomic E-state index is 0.0205. The van der Waals surface area contributed by atoms with Crippen LogP contribution in [0, 0.1) is 5.82 Å². The predicted octanol–water partition coefficient (Wildman–Crippen LogP) is 2.33. The largest absolute Gasteiger partial charge is 0.417 e. The van der Waals surface area contributed by atoms with Crippen molar-refractivity contribution >= 4 is 10.0 Å². The van der Waals surface area contributed by atoms with E-state index in [1.54, 1.807) is 0 Å². The standard InChI is InChI=1S/C19H18F4N6O2S/c20-14-5-7-15(8-6-14)29-18(24-25-26-29)13-27-9-11-28(12-10-27)32(30,31)17-4-2-1-3-16(17)19(21,22)23/h1-8H,9-13H2. The second-order valence-electron chi connectivity index (χ2n) is 7.16. The molecule has 1 aliphatic heterocycles. The lowest BCUT2D eigenvalue weighted by Gasteiger charge is -2.34. The van der Waals surface area contributed by atoms with E-state index in [0.717, 1.165) is 22.5 Å². The molecule has 0 bridgehead atoms. The van der Waals surface area contributed by atoms with Crippen molar-refractivity contribution in [1.29, 1.82) is 0 Å². The maximum absolute atomic E-state index is 13.3. The zero-order valence-corrected chi connectivity index (χ0v) is 17.4. The van der Waals surface area contributed by atoms with E-state index in [9.17, 15) is 26.0 Å². The van der Waals surface area contributed by atoms with Gasteiger partial charge in [-0.05, 0) is 46.8 Å². The van der Waals surface area contributed by atoms with Crippen LogP contribution in [0.25, 0.3) is 5.69 Å². The average Bonchev–Trinajstić information content (AvgIpc) is 3.22. The van der Waals surface area contributed by atoms with Crippen LogP contribution < -0.4 is 0 Å². The molecule has 2 heterocycles. The van der Waals surface area contributed by atoms with E-state index in [4.69, 9.17) is 0 Å². The SMILES string of the molecule is O=S(=O)(c1ccccc1C(F)(F)F)N1CCN(Cc2nnnn2-c2ccc(F)cc2)CC1. The lowest BCUT2D eigenvalue weighted by atomic mass is 10.2. The van der Waals surface area contributed by atoms with Crippen LogP contribution in [-0.2, 0) is 22.7 Å². The number of tetrazole rings is 1. The van der Waals surface area contributed by atoms with Crippen LogP contribution in [0.1, 0.15) is 11.4 Å². The summed E-state index contributed by atoms with van der Waals surface area (Å²) in [6.07, 6.45) is -4.77. The highest BCUT2D eigenvalue weighted by Gasteiger charge is 2.39. The minimum Gasteiger partial charge on any atom is -0.293 e. The number of hydrogen-bond acceptors (Lipinski definition) is 6. The molecule has 0 radical (unpaired) electrons. The summed E-state index contributed by atoms with van der Waals surface area (Å²) in [5.41, 5.74) is -0.614. The Hall–Kier alpha value is -2.90. The molecule has 0 N–H and O–H groups in total. The first-order chi connectivity index (χ1) is 15.2. The van der Waals surface area contributed by atoms with Gasteiger partial charge in [0.2, 0.25) is 10.0 Å². The number of alkyl halides is 3. The van der Waals surface area contributed by atoms with E-state index < -0.39 is 32.5 Å². The molecule has 1 saturated heterocycles. The summed E-state index contributed by atoms with van der Waals surface area (Å²) in [7, 11) is -4.31. The van der Waals surface area contributed by atoms with Gasteiger partial charge in [-0.15, -0.1) is 5.10 Å². The molecule has 1 aromatic heterocycles. The Balaban J connectivity index is 1.46. The van der Waals surface area contributed by atoms with Gasteiger partial charge >= 0.3 is 6.18 Å². The van der Waals surface area contributed by atoms with Gasteiger partial charge in [-0.3, -0.25) is 4.90 Å². The van der Waals surface area contributed by atoms with Gasteiger partial charge in [0.15, 0.2) is 5.82 Å². The topological polar surface area (TPSA) is 84.2 Å². The number of aromatic nitrogens is 4. The molecule has 32 heavy (non-hydrogen) atoms. The molecule has 0 atom stereocenters. The fraction of sp³-hybridized carbons (Fsp3) is 0.316. The van der Waals surface area contributed by atoms with Gasteiger partial charge in [-0.1, -0.05) is 12.1 Å². The van der Waals surface area contributed by atoms with Crippen molar-refractivity contribution in [3.63, 3.8) is 0 Å². The van der Waals surface area contributed by atoms with Gasteiger partial charge in [0.05, 0.1) is 22.7 Å². The third kappa shape index (κ3) is 4.49. The van der Waals surface area contributed by atoms with E-state index in [2.05, 4.69) is 15.5 Å². The van der Waals surface area contributed by atoms with E-state index in [1.807, 2.05) is 4.90 Å². The molecule has 8 nitrogen and oxygen atoms in total. The summed E-state index contributed by atoms with van der Waals surface area (Å²) in [4.78, 5) is 1.15. The molecular formula is C19H18F4N6O2S. The average molecular weight is 470 g/mol. The predicted molar refractivity (Wildman–Crippen MR) is 105 cm³/mol. The van der Waals surface area contributed by atoms with Gasteiger partial charge < -0.3 is 0 Å². The molecule has 170 valence electrons. The van der Waals surface area contributed by atoms with E-state index in [1.165, 1.54) is 35.0 Å². The Labute approximate surface area is 181 Å². The zero-order chi connectivity index (χ0) is 22.9. The van der Waals surface area contributed by atoms with Crippen molar-refractivity contribution in [2.45, 2.75) is 17.6 Å². The normalized spacial score (nSPS) is 16.4. The van der Waals surface area contributed by atoms with Crippen LogP contribution >= 0.6 is 0 Å². The minimum atomic E-state index is -4.77. The Kier molecular flexibility index (Phi) is 5.97. The molecule has 0 saturated carbocycles. The van der Waals surface area contributed by atoms with Crippen LogP contribution in [0.15, 0.2) is 53.4 Å². The lowest BCUT2D eigenvalue weighted by molar-refractivity contribution is -0.139. The maximum atomic E-state index is 13.3. The fourth-order valence-corrected chi connectivity index (χ4v) is 5.11. The van der Waals surface area contributed by atoms with Crippen LogP contribution in [0.4, 0.5) is 17.6 Å². The molecule has 1 aliphatic rings. The van der Waals surface area contributed by atoms with E-state index in [-0.39, 0.29) is 32.7 Å². The Morgan fingerprint density at radius 2 is 1.59 bits per heavy atom. The number of nitrogens with zero attached hydrogens (tertiary/aromatic N) is 6. The van der Waals surface area contributed by atoms with Crippen LogP contribution in [0.5, 0.6) is 0 Å². The first-order valence-corrected chi connectivity index (χ1v) is 11.0. The first kappa shape index (κ1) is 22.3. The van der Waals surface area contributed by atoms with Gasteiger partial charge in [0, 0.05) is 26.2 Å². The van der Waals surface area contributed by atoms with Crippen molar-refractivity contribution in [2.24, 2.45) is 0 Å². The highest BCUT2D eigenvalue weighted by atomic mass is 32.2. The van der Waals surface area contributed by atoms with Crippen molar-refractivity contribution in [1.82, 2.24) is 29.4 Å². The number of piperazine rings is 1. The van der Waals surface area contributed by atoms with Crippen molar-refractivity contribution in [3.8, 4) is 5.69 Å². The van der Waals surface area contributed by atoms with Gasteiger partial charge in [0.1, 0.15) is 5.82 Å². The molecule has 4 rings (SSSR count). The summed E-state index contributed by atoms with van der Waals surface area (Å²) in [5.74, 6) is 0.0723. The molecule has 0 aliphatic carbocycles. The molecule has 1 fully saturated rings. The van der Waals surface area contributed by atoms with Crippen molar-refractivity contribution in [3.05, 3.63) is 65.7 Å². The molecule has 0 spiro atoms. The third-order valence-electron chi connectivity index (χ3n) is 5.11. The number of halogens is 4. The fourth-order valence-electron chi connectivity index (χ4n) is 3.48. The van der Waals surface area contributed by atoms with Gasteiger partial charge in [0.25, 0.3) is 0 Å². The van der Waals surface area contributed by atoms with Gasteiger partial charge in [-0.2, -0.15) is 22.2 Å². The Morgan fingerprint density at radius 3 is 2.25 bits per heavy atom. The second kappa shape index (κ2) is 8.56. The second-order valence-corrected chi connectivity index (χ2v) is 9.06.